The summed E-state index contributed by atoms with van der Waals surface area (Å²) in [5.41, 5.74) is -1.66. The van der Waals surface area contributed by atoms with E-state index in [4.69, 9.17) is 33.7 Å². The Morgan fingerprint density at radius 1 is 1.03 bits per heavy atom. The van der Waals surface area contributed by atoms with E-state index < -0.39 is 53.0 Å². The number of halogens is 3. The van der Waals surface area contributed by atoms with Gasteiger partial charge in [0.1, 0.15) is 36.7 Å². The van der Waals surface area contributed by atoms with Gasteiger partial charge in [0.25, 0.3) is 0 Å². The van der Waals surface area contributed by atoms with Crippen molar-refractivity contribution < 1.29 is 60.8 Å². The van der Waals surface area contributed by atoms with Crippen LogP contribution in [0.3, 0.4) is 0 Å². The monoisotopic (exact) mass is 881 g/mol. The molecule has 0 bridgehead atoms. The molecule has 2 saturated heterocycles. The SMILES string of the molecule is C=CCOC(=O)C1CCN(C(=O)CCC(=O)OC(C)OC(=O)O[C@@](Cn2cncn2)(c2ccc(F)cc2F)[C@@H](C)SC2COC(/C=C/C=C/c3ccc(C#N)cc3F)OC2)CC1. The van der Waals surface area contributed by atoms with Gasteiger partial charge in [-0.3, -0.25) is 14.4 Å². The lowest BCUT2D eigenvalue weighted by Crippen LogP contribution is -2.47. The lowest BCUT2D eigenvalue weighted by atomic mass is 9.89. The zero-order chi connectivity index (χ0) is 44.6. The van der Waals surface area contributed by atoms with Crippen molar-refractivity contribution in [2.24, 2.45) is 5.92 Å². The van der Waals surface area contributed by atoms with E-state index in [1.807, 2.05) is 6.07 Å². The Balaban J connectivity index is 1.20. The smallest absolute Gasteiger partial charge is 0.461 e. The van der Waals surface area contributed by atoms with Gasteiger partial charge >= 0.3 is 18.1 Å². The molecule has 1 aromatic heterocycles. The highest BCUT2D eigenvalue weighted by Crippen LogP contribution is 2.42. The predicted octanol–water partition coefficient (Wildman–Crippen LogP) is 6.39. The number of piperidine rings is 1. The van der Waals surface area contributed by atoms with Gasteiger partial charge in [-0.25, -0.2) is 27.6 Å². The molecule has 1 unspecified atom stereocenters. The molecule has 1 amide bonds. The number of aromatic nitrogens is 3. The van der Waals surface area contributed by atoms with Gasteiger partial charge < -0.3 is 33.3 Å². The van der Waals surface area contributed by atoms with E-state index in [1.54, 1.807) is 30.1 Å². The minimum Gasteiger partial charge on any atom is -0.461 e. The van der Waals surface area contributed by atoms with Crippen LogP contribution in [-0.2, 0) is 55.0 Å². The first-order valence-electron chi connectivity index (χ1n) is 19.7. The van der Waals surface area contributed by atoms with Gasteiger partial charge in [0.2, 0.25) is 12.2 Å². The molecule has 0 aliphatic carbocycles. The summed E-state index contributed by atoms with van der Waals surface area (Å²) in [7, 11) is 0. The molecule has 2 aromatic carbocycles. The Bertz CT molecular complexity index is 2140. The fraction of sp³-hybridized carbons (Fsp3) is 0.419. The standard InChI is InChI=1S/C43H46F3N5O10S/c1-4-19-56-41(54)32-15-17-50(18-16-32)38(52)13-14-39(53)59-29(3)60-42(55)61-43(25-51-27-48-26-49-51,35-12-11-33(44)21-37(35)46)28(2)62-34-23-57-40(58-24-34)8-6-5-7-31-10-9-30(22-47)20-36(31)45/h4-12,20-21,26-29,32,34,40H,1,13-19,23-25H2,2-3H3/b7-5+,8-6+/t28-,29?,34?,40?,43-/m1/s1. The van der Waals surface area contributed by atoms with Crippen LogP contribution in [0.5, 0.6) is 0 Å². The summed E-state index contributed by atoms with van der Waals surface area (Å²) in [4.78, 5) is 56.7. The summed E-state index contributed by atoms with van der Waals surface area (Å²) in [5.74, 6) is -4.28. The fourth-order valence-corrected chi connectivity index (χ4v) is 8.05. The normalized spacial score (nSPS) is 18.9. The summed E-state index contributed by atoms with van der Waals surface area (Å²) < 4.78 is 79.0. The van der Waals surface area contributed by atoms with Gasteiger partial charge in [-0.05, 0) is 50.1 Å². The molecule has 19 heteroatoms. The lowest BCUT2D eigenvalue weighted by Gasteiger charge is -2.40. The zero-order valence-electron chi connectivity index (χ0n) is 34.0. The second-order valence-electron chi connectivity index (χ2n) is 14.2. The van der Waals surface area contributed by atoms with Crippen molar-refractivity contribution in [1.29, 1.82) is 5.26 Å². The zero-order valence-corrected chi connectivity index (χ0v) is 34.8. The third-order valence-electron chi connectivity index (χ3n) is 9.87. The number of benzene rings is 2. The van der Waals surface area contributed by atoms with Gasteiger partial charge in [-0.1, -0.05) is 36.9 Å². The Morgan fingerprint density at radius 2 is 1.79 bits per heavy atom. The number of likely N-dealkylation sites (tertiary alicyclic amines) is 1. The molecule has 62 heavy (non-hydrogen) atoms. The van der Waals surface area contributed by atoms with E-state index >= 15 is 4.39 Å². The summed E-state index contributed by atoms with van der Waals surface area (Å²) >= 11 is 1.23. The second kappa shape index (κ2) is 22.8. The van der Waals surface area contributed by atoms with E-state index in [0.29, 0.717) is 32.0 Å². The van der Waals surface area contributed by atoms with Crippen LogP contribution >= 0.6 is 11.8 Å². The first-order chi connectivity index (χ1) is 29.8. The summed E-state index contributed by atoms with van der Waals surface area (Å²) in [6, 6.07) is 8.83. The van der Waals surface area contributed by atoms with Crippen LogP contribution in [0.4, 0.5) is 18.0 Å². The van der Waals surface area contributed by atoms with Crippen molar-refractivity contribution >= 4 is 41.8 Å². The maximum Gasteiger partial charge on any atom is 0.512 e. The summed E-state index contributed by atoms with van der Waals surface area (Å²) in [6.45, 7) is 7.16. The number of amides is 1. The highest BCUT2D eigenvalue weighted by Gasteiger charge is 2.47. The van der Waals surface area contributed by atoms with Crippen molar-refractivity contribution in [1.82, 2.24) is 19.7 Å². The third kappa shape index (κ3) is 13.3. The van der Waals surface area contributed by atoms with Crippen molar-refractivity contribution in [2.75, 3.05) is 32.9 Å². The highest BCUT2D eigenvalue weighted by molar-refractivity contribution is 8.00. The number of allylic oxidation sites excluding steroid dienone is 2. The van der Waals surface area contributed by atoms with Gasteiger partial charge in [-0.15, -0.1) is 11.8 Å². The quantitative estimate of drug-likeness (QED) is 0.0451. The first-order valence-corrected chi connectivity index (χ1v) is 20.6. The third-order valence-corrected chi connectivity index (χ3v) is 11.3. The number of thioether (sulfide) groups is 1. The molecule has 3 aromatic rings. The molecule has 0 saturated carbocycles. The summed E-state index contributed by atoms with van der Waals surface area (Å²) in [6.07, 6.45) is 7.09. The Hall–Kier alpha value is -5.97. The number of hydrogen-bond donors (Lipinski definition) is 0. The maximum absolute atomic E-state index is 15.8. The first kappa shape index (κ1) is 47.1. The topological polar surface area (TPSA) is 181 Å². The number of rotatable bonds is 18. The van der Waals surface area contributed by atoms with E-state index in [0.717, 1.165) is 18.2 Å². The molecular weight excluding hydrogens is 836 g/mol. The molecule has 2 fully saturated rings. The number of hydrogen-bond acceptors (Lipinski definition) is 14. The maximum atomic E-state index is 15.8. The number of nitriles is 1. The van der Waals surface area contributed by atoms with Crippen molar-refractivity contribution in [3.05, 3.63) is 114 Å². The molecule has 2 aliphatic heterocycles. The van der Waals surface area contributed by atoms with Gasteiger partial charge in [-0.2, -0.15) is 10.4 Å². The predicted molar refractivity (Wildman–Crippen MR) is 217 cm³/mol. The van der Waals surface area contributed by atoms with Crippen molar-refractivity contribution in [3.63, 3.8) is 0 Å². The van der Waals surface area contributed by atoms with Crippen molar-refractivity contribution in [2.45, 2.75) is 74.8 Å². The number of ether oxygens (including phenoxy) is 6. The molecule has 0 spiro atoms. The minimum absolute atomic E-state index is 0.108. The van der Waals surface area contributed by atoms with Crippen LogP contribution in [0, 0.1) is 34.7 Å². The Labute approximate surface area is 360 Å². The Kier molecular flexibility index (Phi) is 17.3. The second-order valence-corrected chi connectivity index (χ2v) is 15.9. The number of nitrogens with zero attached hydrogens (tertiary/aromatic N) is 5. The number of esters is 2. The minimum atomic E-state index is -1.94. The van der Waals surface area contributed by atoms with Gasteiger partial charge in [0, 0.05) is 48.9 Å². The number of carbonyl (C=O) groups excluding carboxylic acids is 4. The number of carbonyl (C=O) groups is 4. The van der Waals surface area contributed by atoms with E-state index in [1.165, 1.54) is 60.3 Å². The van der Waals surface area contributed by atoms with Crippen LogP contribution in [0.15, 0.2) is 79.9 Å². The van der Waals surface area contributed by atoms with E-state index in [9.17, 15) is 28.0 Å². The fourth-order valence-electron chi connectivity index (χ4n) is 6.69. The largest absolute Gasteiger partial charge is 0.512 e. The molecule has 3 heterocycles. The van der Waals surface area contributed by atoms with Gasteiger partial charge in [0.05, 0.1) is 49.0 Å². The Morgan fingerprint density at radius 3 is 2.45 bits per heavy atom. The van der Waals surface area contributed by atoms with Crippen molar-refractivity contribution in [3.8, 4) is 6.07 Å². The molecular formula is C43H46F3N5O10S. The average molecular weight is 882 g/mol. The molecule has 0 radical (unpaired) electrons. The van der Waals surface area contributed by atoms with E-state index in [-0.39, 0.29) is 78.9 Å². The van der Waals surface area contributed by atoms with Crippen LogP contribution < -0.4 is 0 Å². The molecule has 5 rings (SSSR count). The summed E-state index contributed by atoms with van der Waals surface area (Å²) in [5, 5.41) is 11.9. The van der Waals surface area contributed by atoms with Crippen LogP contribution in [-0.4, -0.2) is 99.7 Å². The molecule has 330 valence electrons. The molecule has 3 atom stereocenters. The molecule has 0 N–H and O–H groups in total. The van der Waals surface area contributed by atoms with E-state index in [2.05, 4.69) is 16.7 Å². The lowest BCUT2D eigenvalue weighted by molar-refractivity contribution is -0.172. The molecule has 2 aliphatic rings. The van der Waals surface area contributed by atoms with Crippen LogP contribution in [0.1, 0.15) is 56.2 Å². The highest BCUT2D eigenvalue weighted by atomic mass is 32.2. The van der Waals surface area contributed by atoms with Crippen LogP contribution in [0.2, 0.25) is 0 Å². The molecule has 15 nitrogen and oxygen atoms in total. The average Bonchev–Trinajstić information content (AvgIpc) is 3.77. The van der Waals surface area contributed by atoms with Gasteiger partial charge in [0.15, 0.2) is 11.9 Å². The van der Waals surface area contributed by atoms with Crippen LogP contribution in [0.25, 0.3) is 6.08 Å².